The SMILES string of the molecule is OC(CCc1ccc2c(c1)CCO2)Cc1ccc(F)cc1. The third-order valence-electron chi connectivity index (χ3n) is 3.90. The van der Waals surface area contributed by atoms with Crippen molar-refractivity contribution in [3.05, 3.63) is 65.0 Å². The zero-order chi connectivity index (χ0) is 14.7. The first-order chi connectivity index (χ1) is 10.2. The molecule has 0 aliphatic carbocycles. The van der Waals surface area contributed by atoms with Gasteiger partial charge in [0.05, 0.1) is 12.7 Å². The molecule has 3 heteroatoms. The van der Waals surface area contributed by atoms with Crippen LogP contribution in [0.15, 0.2) is 42.5 Å². The van der Waals surface area contributed by atoms with E-state index in [4.69, 9.17) is 4.74 Å². The van der Waals surface area contributed by atoms with Gasteiger partial charge in [0, 0.05) is 6.42 Å². The van der Waals surface area contributed by atoms with Crippen LogP contribution >= 0.6 is 0 Å². The minimum atomic E-state index is -0.403. The second-order valence-corrected chi connectivity index (χ2v) is 5.56. The van der Waals surface area contributed by atoms with Crippen LogP contribution in [0.3, 0.4) is 0 Å². The quantitative estimate of drug-likeness (QED) is 0.914. The molecule has 0 spiro atoms. The Labute approximate surface area is 124 Å². The van der Waals surface area contributed by atoms with E-state index in [-0.39, 0.29) is 5.82 Å². The third-order valence-corrected chi connectivity index (χ3v) is 3.90. The van der Waals surface area contributed by atoms with E-state index in [9.17, 15) is 9.50 Å². The summed E-state index contributed by atoms with van der Waals surface area (Å²) in [6.07, 6.45) is 2.68. The van der Waals surface area contributed by atoms with Gasteiger partial charge >= 0.3 is 0 Å². The van der Waals surface area contributed by atoms with Gasteiger partial charge in [-0.2, -0.15) is 0 Å². The molecule has 0 amide bonds. The lowest BCUT2D eigenvalue weighted by Crippen LogP contribution is -2.11. The van der Waals surface area contributed by atoms with E-state index in [1.165, 1.54) is 23.3 Å². The first kappa shape index (κ1) is 14.1. The summed E-state index contributed by atoms with van der Waals surface area (Å²) in [5, 5.41) is 10.1. The van der Waals surface area contributed by atoms with E-state index in [0.29, 0.717) is 12.8 Å². The van der Waals surface area contributed by atoms with Crippen molar-refractivity contribution >= 4 is 0 Å². The monoisotopic (exact) mass is 286 g/mol. The molecule has 2 aromatic carbocycles. The Hall–Kier alpha value is -1.87. The Kier molecular flexibility index (Phi) is 4.20. The number of rotatable bonds is 5. The molecule has 1 heterocycles. The number of fused-ring (bicyclic) bond motifs is 1. The second kappa shape index (κ2) is 6.27. The number of benzene rings is 2. The highest BCUT2D eigenvalue weighted by molar-refractivity contribution is 5.39. The molecule has 3 rings (SSSR count). The molecule has 1 aliphatic rings. The maximum Gasteiger partial charge on any atom is 0.123 e. The standard InChI is InChI=1S/C18H19FO2/c19-16-5-1-14(2-6-16)12-17(20)7-3-13-4-8-18-15(11-13)9-10-21-18/h1-2,4-6,8,11,17,20H,3,7,9-10,12H2. The van der Waals surface area contributed by atoms with Crippen LogP contribution in [0.5, 0.6) is 5.75 Å². The molecular weight excluding hydrogens is 267 g/mol. The second-order valence-electron chi connectivity index (χ2n) is 5.56. The molecule has 1 unspecified atom stereocenters. The van der Waals surface area contributed by atoms with Gasteiger partial charge in [0.15, 0.2) is 0 Å². The van der Waals surface area contributed by atoms with E-state index in [0.717, 1.165) is 30.8 Å². The molecule has 2 aromatic rings. The molecule has 1 N–H and O–H groups in total. The molecule has 0 bridgehead atoms. The normalized spacial score (nSPS) is 14.6. The number of hydrogen-bond acceptors (Lipinski definition) is 2. The van der Waals surface area contributed by atoms with Gasteiger partial charge in [-0.1, -0.05) is 24.3 Å². The summed E-state index contributed by atoms with van der Waals surface area (Å²) in [5.74, 6) is 0.749. The maximum absolute atomic E-state index is 12.8. The van der Waals surface area contributed by atoms with Crippen LogP contribution < -0.4 is 4.74 Å². The number of aryl methyl sites for hydroxylation is 1. The smallest absolute Gasteiger partial charge is 0.123 e. The fourth-order valence-corrected chi connectivity index (χ4v) is 2.72. The highest BCUT2D eigenvalue weighted by Gasteiger charge is 2.13. The van der Waals surface area contributed by atoms with Crippen molar-refractivity contribution in [1.82, 2.24) is 0 Å². The Bertz CT molecular complexity index is 607. The lowest BCUT2D eigenvalue weighted by molar-refractivity contribution is 0.165. The Morgan fingerprint density at radius 1 is 1.10 bits per heavy atom. The van der Waals surface area contributed by atoms with Crippen LogP contribution in [0.4, 0.5) is 4.39 Å². The molecular formula is C18H19FO2. The van der Waals surface area contributed by atoms with Crippen molar-refractivity contribution in [2.24, 2.45) is 0 Å². The van der Waals surface area contributed by atoms with Gasteiger partial charge in [0.1, 0.15) is 11.6 Å². The lowest BCUT2D eigenvalue weighted by Gasteiger charge is -2.11. The molecule has 1 atom stereocenters. The van der Waals surface area contributed by atoms with Crippen molar-refractivity contribution in [2.45, 2.75) is 31.8 Å². The molecule has 1 aliphatic heterocycles. The number of aliphatic hydroxyl groups excluding tert-OH is 1. The van der Waals surface area contributed by atoms with Crippen LogP contribution in [0, 0.1) is 5.82 Å². The van der Waals surface area contributed by atoms with Crippen LogP contribution in [0.1, 0.15) is 23.1 Å². The molecule has 0 radical (unpaired) electrons. The average molecular weight is 286 g/mol. The average Bonchev–Trinajstić information content (AvgIpc) is 2.95. The summed E-state index contributed by atoms with van der Waals surface area (Å²) in [6.45, 7) is 0.770. The largest absolute Gasteiger partial charge is 0.493 e. The molecule has 0 saturated heterocycles. The number of hydrogen-bond donors (Lipinski definition) is 1. The van der Waals surface area contributed by atoms with Crippen molar-refractivity contribution < 1.29 is 14.2 Å². The number of ether oxygens (including phenoxy) is 1. The first-order valence-electron chi connectivity index (χ1n) is 7.38. The molecule has 0 fully saturated rings. The van der Waals surface area contributed by atoms with Gasteiger partial charge in [-0.05, 0) is 54.2 Å². The topological polar surface area (TPSA) is 29.5 Å². The van der Waals surface area contributed by atoms with Crippen molar-refractivity contribution in [2.75, 3.05) is 6.61 Å². The minimum Gasteiger partial charge on any atom is -0.493 e. The Balaban J connectivity index is 1.53. The molecule has 110 valence electrons. The summed E-state index contributed by atoms with van der Waals surface area (Å²) in [5.41, 5.74) is 3.46. The van der Waals surface area contributed by atoms with Gasteiger partial charge in [0.2, 0.25) is 0 Å². The third kappa shape index (κ3) is 3.61. The predicted molar refractivity (Wildman–Crippen MR) is 80.1 cm³/mol. The highest BCUT2D eigenvalue weighted by atomic mass is 19.1. The summed E-state index contributed by atoms with van der Waals surface area (Å²) in [6, 6.07) is 12.6. The van der Waals surface area contributed by atoms with Crippen molar-refractivity contribution in [3.63, 3.8) is 0 Å². The van der Waals surface area contributed by atoms with Gasteiger partial charge < -0.3 is 9.84 Å². The van der Waals surface area contributed by atoms with Crippen LogP contribution in [0.25, 0.3) is 0 Å². The van der Waals surface area contributed by atoms with Crippen molar-refractivity contribution in [1.29, 1.82) is 0 Å². The summed E-state index contributed by atoms with van der Waals surface area (Å²) in [4.78, 5) is 0. The lowest BCUT2D eigenvalue weighted by atomic mass is 9.99. The maximum atomic E-state index is 12.8. The molecule has 0 saturated carbocycles. The zero-order valence-electron chi connectivity index (χ0n) is 11.9. The van der Waals surface area contributed by atoms with E-state index in [1.807, 2.05) is 6.07 Å². The van der Waals surface area contributed by atoms with E-state index in [1.54, 1.807) is 12.1 Å². The van der Waals surface area contributed by atoms with Gasteiger partial charge in [0.25, 0.3) is 0 Å². The van der Waals surface area contributed by atoms with Crippen LogP contribution in [-0.2, 0) is 19.3 Å². The van der Waals surface area contributed by atoms with Gasteiger partial charge in [-0.3, -0.25) is 0 Å². The van der Waals surface area contributed by atoms with Crippen LogP contribution in [-0.4, -0.2) is 17.8 Å². The highest BCUT2D eigenvalue weighted by Crippen LogP contribution is 2.26. The summed E-state index contributed by atoms with van der Waals surface area (Å²) in [7, 11) is 0. The minimum absolute atomic E-state index is 0.242. The van der Waals surface area contributed by atoms with Gasteiger partial charge in [-0.25, -0.2) is 4.39 Å². The zero-order valence-corrected chi connectivity index (χ0v) is 11.9. The van der Waals surface area contributed by atoms with Crippen LogP contribution in [0.2, 0.25) is 0 Å². The van der Waals surface area contributed by atoms with E-state index >= 15 is 0 Å². The molecule has 21 heavy (non-hydrogen) atoms. The van der Waals surface area contributed by atoms with Gasteiger partial charge in [-0.15, -0.1) is 0 Å². The predicted octanol–water partition coefficient (Wildman–Crippen LogP) is 3.30. The Morgan fingerprint density at radius 3 is 2.67 bits per heavy atom. The fraction of sp³-hybridized carbons (Fsp3) is 0.333. The molecule has 2 nitrogen and oxygen atoms in total. The summed E-state index contributed by atoms with van der Waals surface area (Å²) >= 11 is 0. The molecule has 0 aromatic heterocycles. The number of halogens is 1. The Morgan fingerprint density at radius 2 is 1.86 bits per heavy atom. The van der Waals surface area contributed by atoms with E-state index in [2.05, 4.69) is 12.1 Å². The first-order valence-corrected chi connectivity index (χ1v) is 7.38. The van der Waals surface area contributed by atoms with Crippen molar-refractivity contribution in [3.8, 4) is 5.75 Å². The summed E-state index contributed by atoms with van der Waals surface area (Å²) < 4.78 is 18.3. The number of aliphatic hydroxyl groups is 1. The van der Waals surface area contributed by atoms with E-state index < -0.39 is 6.10 Å². The fourth-order valence-electron chi connectivity index (χ4n) is 2.72.